The zero-order valence-electron chi connectivity index (χ0n) is 11.1. The van der Waals surface area contributed by atoms with Gasteiger partial charge in [0, 0.05) is 6.04 Å². The van der Waals surface area contributed by atoms with E-state index in [1.165, 1.54) is 24.3 Å². The van der Waals surface area contributed by atoms with E-state index < -0.39 is 0 Å². The Balaban J connectivity index is 2.51. The van der Waals surface area contributed by atoms with Crippen LogP contribution < -0.4 is 5.32 Å². The molecule has 0 fully saturated rings. The van der Waals surface area contributed by atoms with E-state index in [0.717, 1.165) is 17.7 Å². The van der Waals surface area contributed by atoms with Crippen LogP contribution in [0.4, 0.5) is 8.78 Å². The van der Waals surface area contributed by atoms with Gasteiger partial charge in [0.1, 0.15) is 11.6 Å². The van der Waals surface area contributed by atoms with Crippen LogP contribution in [0.25, 0.3) is 11.1 Å². The van der Waals surface area contributed by atoms with Crippen LogP contribution in [0.5, 0.6) is 0 Å². The van der Waals surface area contributed by atoms with E-state index in [0.29, 0.717) is 5.56 Å². The van der Waals surface area contributed by atoms with Gasteiger partial charge < -0.3 is 5.32 Å². The van der Waals surface area contributed by atoms with E-state index in [4.69, 9.17) is 0 Å². The molecule has 0 heterocycles. The molecule has 19 heavy (non-hydrogen) atoms. The SMILES string of the molecule is CCNC(C)c1ccc(F)cc1-c1cccc(F)c1. The number of nitrogens with one attached hydrogen (secondary N) is 1. The summed E-state index contributed by atoms with van der Waals surface area (Å²) < 4.78 is 26.8. The monoisotopic (exact) mass is 261 g/mol. The van der Waals surface area contributed by atoms with Crippen LogP contribution >= 0.6 is 0 Å². The van der Waals surface area contributed by atoms with Crippen molar-refractivity contribution in [1.82, 2.24) is 5.32 Å². The minimum absolute atomic E-state index is 0.0869. The van der Waals surface area contributed by atoms with Gasteiger partial charge in [0.2, 0.25) is 0 Å². The molecule has 0 spiro atoms. The number of hydrogen-bond donors (Lipinski definition) is 1. The molecule has 0 aliphatic rings. The predicted octanol–water partition coefficient (Wildman–Crippen LogP) is 4.30. The van der Waals surface area contributed by atoms with Crippen LogP contribution in [-0.4, -0.2) is 6.54 Å². The first-order valence-electron chi connectivity index (χ1n) is 6.40. The van der Waals surface area contributed by atoms with Crippen molar-refractivity contribution in [2.75, 3.05) is 6.54 Å². The van der Waals surface area contributed by atoms with E-state index in [1.807, 2.05) is 13.8 Å². The molecular weight excluding hydrogens is 244 g/mol. The summed E-state index contributed by atoms with van der Waals surface area (Å²) in [5, 5.41) is 3.29. The van der Waals surface area contributed by atoms with Gasteiger partial charge in [-0.1, -0.05) is 25.1 Å². The third kappa shape index (κ3) is 3.18. The van der Waals surface area contributed by atoms with Crippen LogP contribution in [-0.2, 0) is 0 Å². The highest BCUT2D eigenvalue weighted by atomic mass is 19.1. The summed E-state index contributed by atoms with van der Waals surface area (Å²) in [6.45, 7) is 4.85. The second-order valence-corrected chi connectivity index (χ2v) is 4.52. The largest absolute Gasteiger partial charge is 0.310 e. The Hall–Kier alpha value is -1.74. The normalized spacial score (nSPS) is 12.4. The molecule has 0 aromatic heterocycles. The summed E-state index contributed by atoms with van der Waals surface area (Å²) in [4.78, 5) is 0. The summed E-state index contributed by atoms with van der Waals surface area (Å²) in [6, 6.07) is 11.0. The second kappa shape index (κ2) is 5.93. The summed E-state index contributed by atoms with van der Waals surface area (Å²) in [7, 11) is 0. The molecule has 2 aromatic carbocycles. The fraction of sp³-hybridized carbons (Fsp3) is 0.250. The van der Waals surface area contributed by atoms with Crippen molar-refractivity contribution in [2.45, 2.75) is 19.9 Å². The molecule has 2 rings (SSSR count). The molecule has 1 atom stereocenters. The van der Waals surface area contributed by atoms with E-state index >= 15 is 0 Å². The van der Waals surface area contributed by atoms with Crippen molar-refractivity contribution in [2.24, 2.45) is 0 Å². The highest BCUT2D eigenvalue weighted by molar-refractivity contribution is 5.68. The lowest BCUT2D eigenvalue weighted by atomic mass is 9.95. The van der Waals surface area contributed by atoms with Crippen molar-refractivity contribution >= 4 is 0 Å². The third-order valence-corrected chi connectivity index (χ3v) is 3.13. The number of halogens is 2. The van der Waals surface area contributed by atoms with E-state index in [-0.39, 0.29) is 17.7 Å². The molecule has 1 nitrogen and oxygen atoms in total. The van der Waals surface area contributed by atoms with Crippen LogP contribution in [0, 0.1) is 11.6 Å². The zero-order valence-corrected chi connectivity index (χ0v) is 11.1. The molecular formula is C16H17F2N. The zero-order chi connectivity index (χ0) is 13.8. The van der Waals surface area contributed by atoms with Gasteiger partial charge in [0.25, 0.3) is 0 Å². The number of rotatable bonds is 4. The molecule has 0 saturated carbocycles. The Morgan fingerprint density at radius 3 is 2.47 bits per heavy atom. The summed E-state index contributed by atoms with van der Waals surface area (Å²) in [5.74, 6) is -0.629. The van der Waals surface area contributed by atoms with E-state index in [1.54, 1.807) is 18.2 Å². The Kier molecular flexibility index (Phi) is 4.27. The average molecular weight is 261 g/mol. The standard InChI is InChI=1S/C16H17F2N/c1-3-19-11(2)15-8-7-14(18)10-16(15)12-5-4-6-13(17)9-12/h4-11,19H,3H2,1-2H3. The number of hydrogen-bond acceptors (Lipinski definition) is 1. The maximum Gasteiger partial charge on any atom is 0.123 e. The Labute approximate surface area is 112 Å². The van der Waals surface area contributed by atoms with Crippen molar-refractivity contribution in [1.29, 1.82) is 0 Å². The topological polar surface area (TPSA) is 12.0 Å². The van der Waals surface area contributed by atoms with Gasteiger partial charge in [0.05, 0.1) is 0 Å². The maximum atomic E-state index is 13.5. The van der Waals surface area contributed by atoms with Crippen molar-refractivity contribution in [3.05, 3.63) is 59.7 Å². The fourth-order valence-corrected chi connectivity index (χ4v) is 2.23. The average Bonchev–Trinajstić information content (AvgIpc) is 2.39. The third-order valence-electron chi connectivity index (χ3n) is 3.13. The van der Waals surface area contributed by atoms with Gasteiger partial charge in [-0.05, 0) is 54.4 Å². The quantitative estimate of drug-likeness (QED) is 0.865. The van der Waals surface area contributed by atoms with Gasteiger partial charge in [-0.2, -0.15) is 0 Å². The maximum absolute atomic E-state index is 13.5. The molecule has 3 heteroatoms. The first-order valence-corrected chi connectivity index (χ1v) is 6.40. The van der Waals surface area contributed by atoms with Crippen LogP contribution in [0.2, 0.25) is 0 Å². The minimum Gasteiger partial charge on any atom is -0.310 e. The molecule has 2 aromatic rings. The summed E-state index contributed by atoms with van der Waals surface area (Å²) >= 11 is 0. The molecule has 0 bridgehead atoms. The highest BCUT2D eigenvalue weighted by Crippen LogP contribution is 2.29. The van der Waals surface area contributed by atoms with E-state index in [2.05, 4.69) is 5.32 Å². The van der Waals surface area contributed by atoms with E-state index in [9.17, 15) is 8.78 Å². The van der Waals surface area contributed by atoms with Gasteiger partial charge in [0.15, 0.2) is 0 Å². The first kappa shape index (κ1) is 13.7. The lowest BCUT2D eigenvalue weighted by molar-refractivity contribution is 0.593. The molecule has 0 radical (unpaired) electrons. The lowest BCUT2D eigenvalue weighted by Crippen LogP contribution is -2.18. The van der Waals surface area contributed by atoms with Crippen LogP contribution in [0.3, 0.4) is 0 Å². The van der Waals surface area contributed by atoms with Gasteiger partial charge >= 0.3 is 0 Å². The molecule has 0 aliphatic carbocycles. The fourth-order valence-electron chi connectivity index (χ4n) is 2.23. The van der Waals surface area contributed by atoms with Crippen LogP contribution in [0.15, 0.2) is 42.5 Å². The first-order chi connectivity index (χ1) is 9.11. The molecule has 1 N–H and O–H groups in total. The molecule has 1 unspecified atom stereocenters. The molecule has 0 amide bonds. The summed E-state index contributed by atoms with van der Waals surface area (Å²) in [5.41, 5.74) is 2.39. The Bertz CT molecular complexity index is 566. The van der Waals surface area contributed by atoms with Crippen LogP contribution in [0.1, 0.15) is 25.5 Å². The highest BCUT2D eigenvalue weighted by Gasteiger charge is 2.12. The van der Waals surface area contributed by atoms with Crippen molar-refractivity contribution in [3.8, 4) is 11.1 Å². The lowest BCUT2D eigenvalue weighted by Gasteiger charge is -2.17. The van der Waals surface area contributed by atoms with Crippen molar-refractivity contribution in [3.63, 3.8) is 0 Å². The Morgan fingerprint density at radius 1 is 1.05 bits per heavy atom. The summed E-state index contributed by atoms with van der Waals surface area (Å²) in [6.07, 6.45) is 0. The van der Waals surface area contributed by atoms with Crippen molar-refractivity contribution < 1.29 is 8.78 Å². The number of benzene rings is 2. The van der Waals surface area contributed by atoms with Gasteiger partial charge in [-0.15, -0.1) is 0 Å². The molecule has 100 valence electrons. The minimum atomic E-state index is -0.316. The molecule has 0 aliphatic heterocycles. The Morgan fingerprint density at radius 2 is 1.79 bits per heavy atom. The van der Waals surface area contributed by atoms with Gasteiger partial charge in [-0.3, -0.25) is 0 Å². The predicted molar refractivity (Wildman–Crippen MR) is 73.9 cm³/mol. The smallest absolute Gasteiger partial charge is 0.123 e. The molecule has 0 saturated heterocycles. The van der Waals surface area contributed by atoms with Gasteiger partial charge in [-0.25, -0.2) is 8.78 Å². The second-order valence-electron chi connectivity index (χ2n) is 4.52.